The van der Waals surface area contributed by atoms with Gasteiger partial charge in [-0.05, 0) is 42.5 Å². The molecule has 0 saturated carbocycles. The summed E-state index contributed by atoms with van der Waals surface area (Å²) in [5.74, 6) is -1.13. The van der Waals surface area contributed by atoms with Gasteiger partial charge in [-0.25, -0.2) is 9.59 Å². The molecule has 0 aliphatic heterocycles. The average molecular weight is 288 g/mol. The van der Waals surface area contributed by atoms with Gasteiger partial charge < -0.3 is 19.7 Å². The van der Waals surface area contributed by atoms with Crippen molar-refractivity contribution >= 4 is 11.9 Å². The summed E-state index contributed by atoms with van der Waals surface area (Å²) in [7, 11) is 1.44. The van der Waals surface area contributed by atoms with Crippen LogP contribution in [0.4, 0.5) is 0 Å². The number of hydrogen-bond donors (Lipinski definition) is 2. The zero-order chi connectivity index (χ0) is 15.4. The fourth-order valence-corrected chi connectivity index (χ4v) is 1.68. The first-order valence-electron chi connectivity index (χ1n) is 5.94. The minimum Gasteiger partial charge on any atom is -0.493 e. The van der Waals surface area contributed by atoms with Gasteiger partial charge in [-0.15, -0.1) is 0 Å². The van der Waals surface area contributed by atoms with E-state index in [1.54, 1.807) is 0 Å². The molecule has 108 valence electrons. The molecule has 0 heterocycles. The van der Waals surface area contributed by atoms with Gasteiger partial charge in [0, 0.05) is 0 Å². The third-order valence-corrected chi connectivity index (χ3v) is 2.74. The standard InChI is InChI=1S/C15H12O6/c1-20-12-7-4-10(15(18)19)8-13(12)21-11-5-2-9(3-6-11)14(16)17/h2-8H,1H3,(H,16,17)(H,18,19). The Balaban J connectivity index is 2.31. The molecule has 0 unspecified atom stereocenters. The van der Waals surface area contributed by atoms with Gasteiger partial charge in [0.15, 0.2) is 11.5 Å². The molecule has 0 bridgehead atoms. The third-order valence-electron chi connectivity index (χ3n) is 2.74. The lowest BCUT2D eigenvalue weighted by Gasteiger charge is -2.11. The summed E-state index contributed by atoms with van der Waals surface area (Å²) in [6, 6.07) is 9.99. The van der Waals surface area contributed by atoms with Crippen LogP contribution < -0.4 is 9.47 Å². The minimum atomic E-state index is -1.08. The topological polar surface area (TPSA) is 93.1 Å². The van der Waals surface area contributed by atoms with Crippen molar-refractivity contribution in [3.63, 3.8) is 0 Å². The molecule has 0 fully saturated rings. The molecule has 0 radical (unpaired) electrons. The second-order valence-corrected chi connectivity index (χ2v) is 4.10. The maximum atomic E-state index is 11.0. The van der Waals surface area contributed by atoms with E-state index in [2.05, 4.69) is 0 Å². The normalized spacial score (nSPS) is 9.95. The number of ether oxygens (including phenoxy) is 2. The zero-order valence-corrected chi connectivity index (χ0v) is 11.1. The molecule has 6 nitrogen and oxygen atoms in total. The lowest BCUT2D eigenvalue weighted by atomic mass is 10.2. The summed E-state index contributed by atoms with van der Waals surface area (Å²) in [4.78, 5) is 21.7. The van der Waals surface area contributed by atoms with E-state index in [-0.39, 0.29) is 16.9 Å². The fourth-order valence-electron chi connectivity index (χ4n) is 1.68. The highest BCUT2D eigenvalue weighted by Crippen LogP contribution is 2.32. The summed E-state index contributed by atoms with van der Waals surface area (Å²) >= 11 is 0. The highest BCUT2D eigenvalue weighted by atomic mass is 16.5. The van der Waals surface area contributed by atoms with E-state index in [4.69, 9.17) is 19.7 Å². The lowest BCUT2D eigenvalue weighted by Crippen LogP contribution is -1.99. The molecule has 2 aromatic carbocycles. The van der Waals surface area contributed by atoms with E-state index in [1.165, 1.54) is 49.6 Å². The Morgan fingerprint density at radius 2 is 1.43 bits per heavy atom. The van der Waals surface area contributed by atoms with E-state index in [9.17, 15) is 9.59 Å². The van der Waals surface area contributed by atoms with Crippen molar-refractivity contribution in [3.05, 3.63) is 53.6 Å². The zero-order valence-electron chi connectivity index (χ0n) is 11.1. The van der Waals surface area contributed by atoms with Crippen molar-refractivity contribution in [2.45, 2.75) is 0 Å². The van der Waals surface area contributed by atoms with Crippen molar-refractivity contribution in [1.29, 1.82) is 0 Å². The first kappa shape index (κ1) is 14.4. The second-order valence-electron chi connectivity index (χ2n) is 4.10. The number of carboxylic acid groups (broad SMARTS) is 2. The van der Waals surface area contributed by atoms with Crippen LogP contribution in [-0.4, -0.2) is 29.3 Å². The number of rotatable bonds is 5. The van der Waals surface area contributed by atoms with E-state index >= 15 is 0 Å². The molecule has 21 heavy (non-hydrogen) atoms. The maximum absolute atomic E-state index is 11.0. The van der Waals surface area contributed by atoms with E-state index in [0.29, 0.717) is 11.5 Å². The molecule has 0 amide bonds. The maximum Gasteiger partial charge on any atom is 0.335 e. The van der Waals surface area contributed by atoms with Crippen LogP contribution in [0, 0.1) is 0 Å². The van der Waals surface area contributed by atoms with Crippen molar-refractivity contribution < 1.29 is 29.3 Å². The lowest BCUT2D eigenvalue weighted by molar-refractivity contribution is 0.0685. The number of benzene rings is 2. The van der Waals surface area contributed by atoms with Crippen LogP contribution >= 0.6 is 0 Å². The Morgan fingerprint density at radius 1 is 0.857 bits per heavy atom. The van der Waals surface area contributed by atoms with Crippen LogP contribution in [0.15, 0.2) is 42.5 Å². The van der Waals surface area contributed by atoms with Crippen molar-refractivity contribution in [3.8, 4) is 17.2 Å². The molecule has 0 spiro atoms. The Bertz CT molecular complexity index is 675. The second kappa shape index (κ2) is 5.96. The van der Waals surface area contributed by atoms with Crippen LogP contribution in [0.3, 0.4) is 0 Å². The fraction of sp³-hybridized carbons (Fsp3) is 0.0667. The Morgan fingerprint density at radius 3 is 1.95 bits per heavy atom. The highest BCUT2D eigenvalue weighted by Gasteiger charge is 2.11. The molecule has 0 saturated heterocycles. The van der Waals surface area contributed by atoms with Crippen LogP contribution in [0.1, 0.15) is 20.7 Å². The van der Waals surface area contributed by atoms with Gasteiger partial charge in [0.2, 0.25) is 0 Å². The molecule has 0 aliphatic rings. The van der Waals surface area contributed by atoms with Crippen molar-refractivity contribution in [2.24, 2.45) is 0 Å². The minimum absolute atomic E-state index is 0.0629. The summed E-state index contributed by atoms with van der Waals surface area (Å²) in [5, 5.41) is 17.8. The molecule has 0 aliphatic carbocycles. The Hall–Kier alpha value is -3.02. The Labute approximate surface area is 120 Å². The van der Waals surface area contributed by atoms with Crippen LogP contribution in [0.5, 0.6) is 17.2 Å². The molecular weight excluding hydrogens is 276 g/mol. The van der Waals surface area contributed by atoms with Crippen molar-refractivity contribution in [1.82, 2.24) is 0 Å². The van der Waals surface area contributed by atoms with Gasteiger partial charge in [-0.1, -0.05) is 0 Å². The molecule has 0 aromatic heterocycles. The summed E-state index contributed by atoms with van der Waals surface area (Å²) in [6.45, 7) is 0. The monoisotopic (exact) mass is 288 g/mol. The number of methoxy groups -OCH3 is 1. The van der Waals surface area contributed by atoms with E-state index in [1.807, 2.05) is 0 Å². The smallest absolute Gasteiger partial charge is 0.335 e. The number of carboxylic acids is 2. The highest BCUT2D eigenvalue weighted by molar-refractivity contribution is 5.88. The van der Waals surface area contributed by atoms with Gasteiger partial charge in [0.25, 0.3) is 0 Å². The predicted octanol–water partition coefficient (Wildman–Crippen LogP) is 2.88. The third kappa shape index (κ3) is 3.30. The summed E-state index contributed by atoms with van der Waals surface area (Å²) in [5.41, 5.74) is 0.196. The van der Waals surface area contributed by atoms with Gasteiger partial charge in [-0.2, -0.15) is 0 Å². The first-order valence-corrected chi connectivity index (χ1v) is 5.94. The summed E-state index contributed by atoms with van der Waals surface area (Å²) < 4.78 is 10.6. The van der Waals surface area contributed by atoms with Gasteiger partial charge in [0.05, 0.1) is 18.2 Å². The number of carbonyl (C=O) groups is 2. The molecule has 2 rings (SSSR count). The van der Waals surface area contributed by atoms with Crippen LogP contribution in [-0.2, 0) is 0 Å². The Kier molecular flexibility index (Phi) is 4.08. The molecule has 2 N–H and O–H groups in total. The molecule has 6 heteroatoms. The SMILES string of the molecule is COc1ccc(C(=O)O)cc1Oc1ccc(C(=O)O)cc1. The van der Waals surface area contributed by atoms with Gasteiger partial charge in [-0.3, -0.25) is 0 Å². The largest absolute Gasteiger partial charge is 0.493 e. The molecular formula is C15H12O6. The van der Waals surface area contributed by atoms with E-state index < -0.39 is 11.9 Å². The van der Waals surface area contributed by atoms with Gasteiger partial charge >= 0.3 is 11.9 Å². The molecule has 2 aromatic rings. The number of hydrogen-bond acceptors (Lipinski definition) is 4. The summed E-state index contributed by atoms with van der Waals surface area (Å²) in [6.07, 6.45) is 0. The first-order chi connectivity index (χ1) is 10.0. The van der Waals surface area contributed by atoms with Crippen molar-refractivity contribution in [2.75, 3.05) is 7.11 Å². The van der Waals surface area contributed by atoms with Gasteiger partial charge in [0.1, 0.15) is 5.75 Å². The quantitative estimate of drug-likeness (QED) is 0.878. The molecule has 0 atom stereocenters. The van der Waals surface area contributed by atoms with Crippen LogP contribution in [0.25, 0.3) is 0 Å². The predicted molar refractivity (Wildman–Crippen MR) is 73.4 cm³/mol. The average Bonchev–Trinajstić information content (AvgIpc) is 2.47. The number of aromatic carboxylic acids is 2. The van der Waals surface area contributed by atoms with E-state index in [0.717, 1.165) is 0 Å². The van der Waals surface area contributed by atoms with Crippen LogP contribution in [0.2, 0.25) is 0 Å².